The lowest BCUT2D eigenvalue weighted by Gasteiger charge is -2.28. The summed E-state index contributed by atoms with van der Waals surface area (Å²) < 4.78 is 0. The Hall–Kier alpha value is -2.28. The first-order valence-corrected chi connectivity index (χ1v) is 9.62. The molecule has 7 heteroatoms. The molecule has 1 saturated carbocycles. The third-order valence-electron chi connectivity index (χ3n) is 5.30. The smallest absolute Gasteiger partial charge is 0.289 e. The molecule has 0 saturated heterocycles. The van der Waals surface area contributed by atoms with Gasteiger partial charge in [-0.15, -0.1) is 0 Å². The highest BCUT2D eigenvalue weighted by molar-refractivity contribution is 6.38. The molecule has 0 aromatic heterocycles. The van der Waals surface area contributed by atoms with Gasteiger partial charge in [0.2, 0.25) is 11.7 Å². The van der Waals surface area contributed by atoms with Gasteiger partial charge in [0, 0.05) is 5.92 Å². The van der Waals surface area contributed by atoms with Crippen LogP contribution in [0.4, 0.5) is 0 Å². The summed E-state index contributed by atoms with van der Waals surface area (Å²) in [6.45, 7) is -0.330. The molecule has 0 aliphatic heterocycles. The van der Waals surface area contributed by atoms with Crippen LogP contribution in [0.25, 0.3) is 0 Å². The van der Waals surface area contributed by atoms with E-state index in [0.717, 1.165) is 25.7 Å². The molecule has 2 amide bonds. The van der Waals surface area contributed by atoms with Gasteiger partial charge in [-0.2, -0.15) is 0 Å². The molecule has 0 radical (unpaired) electrons. The number of amides is 2. The van der Waals surface area contributed by atoms with Crippen molar-refractivity contribution in [1.82, 2.24) is 16.0 Å². The monoisotopic (exact) mass is 375 g/mol. The van der Waals surface area contributed by atoms with E-state index in [1.54, 1.807) is 7.05 Å². The summed E-state index contributed by atoms with van der Waals surface area (Å²) in [7, 11) is 1.66. The summed E-state index contributed by atoms with van der Waals surface area (Å²) in [5, 5.41) is 7.88. The summed E-state index contributed by atoms with van der Waals surface area (Å²) >= 11 is 0. The molecule has 0 aromatic rings. The van der Waals surface area contributed by atoms with Crippen molar-refractivity contribution >= 4 is 23.9 Å². The molecule has 0 aromatic carbocycles. The van der Waals surface area contributed by atoms with Crippen LogP contribution in [0.1, 0.15) is 38.5 Å². The highest BCUT2D eigenvalue weighted by atomic mass is 16.2. The third-order valence-corrected chi connectivity index (χ3v) is 5.30. The number of carbonyl (C=O) groups is 4. The number of allylic oxidation sites excluding steroid dienone is 3. The second-order valence-corrected chi connectivity index (χ2v) is 7.20. The van der Waals surface area contributed by atoms with Crippen molar-refractivity contribution in [3.8, 4) is 0 Å². The maximum atomic E-state index is 12.2. The Kier molecular flexibility index (Phi) is 8.39. The van der Waals surface area contributed by atoms with Crippen molar-refractivity contribution in [1.29, 1.82) is 0 Å². The van der Waals surface area contributed by atoms with Gasteiger partial charge in [-0.3, -0.25) is 14.4 Å². The highest BCUT2D eigenvalue weighted by Crippen LogP contribution is 2.30. The van der Waals surface area contributed by atoms with Crippen LogP contribution < -0.4 is 16.0 Å². The standard InChI is InChI=1S/C20H29N3O4/c1-21-16(11-14-7-6-8-14)19(26)20(27)22-12-18(25)23-17(13-24)15-9-4-2-3-5-10-15/h2-4,9,13-17,21H,5-8,10-12H2,1H3,(H,22,27)(H,23,25). The molecule has 3 N–H and O–H groups in total. The summed E-state index contributed by atoms with van der Waals surface area (Å²) in [6.07, 6.45) is 14.0. The Balaban J connectivity index is 1.77. The van der Waals surface area contributed by atoms with Crippen molar-refractivity contribution < 1.29 is 19.2 Å². The topological polar surface area (TPSA) is 104 Å². The van der Waals surface area contributed by atoms with Gasteiger partial charge >= 0.3 is 0 Å². The second-order valence-electron chi connectivity index (χ2n) is 7.20. The molecule has 0 bridgehead atoms. The zero-order valence-electron chi connectivity index (χ0n) is 15.8. The maximum Gasteiger partial charge on any atom is 0.289 e. The first-order chi connectivity index (χ1) is 13.0. The average molecular weight is 375 g/mol. The van der Waals surface area contributed by atoms with E-state index in [9.17, 15) is 19.2 Å². The Labute approximate surface area is 160 Å². The molecule has 7 nitrogen and oxygen atoms in total. The quantitative estimate of drug-likeness (QED) is 0.384. The van der Waals surface area contributed by atoms with E-state index >= 15 is 0 Å². The SMILES string of the molecule is CNC(CC1CCC1)C(=O)C(=O)NCC(=O)NC(C=O)C1C=CC=CCC1. The van der Waals surface area contributed by atoms with Gasteiger partial charge in [0.1, 0.15) is 6.29 Å². The minimum absolute atomic E-state index is 0.0880. The number of ketones is 1. The Bertz CT molecular complexity index is 610. The molecule has 148 valence electrons. The van der Waals surface area contributed by atoms with E-state index in [0.29, 0.717) is 18.6 Å². The van der Waals surface area contributed by atoms with Crippen molar-refractivity contribution in [2.24, 2.45) is 11.8 Å². The van der Waals surface area contributed by atoms with Crippen molar-refractivity contribution in [3.05, 3.63) is 24.3 Å². The lowest BCUT2D eigenvalue weighted by molar-refractivity contribution is -0.140. The zero-order chi connectivity index (χ0) is 19.6. The van der Waals surface area contributed by atoms with Crippen LogP contribution in [0, 0.1) is 11.8 Å². The van der Waals surface area contributed by atoms with Crippen LogP contribution in [0.15, 0.2) is 24.3 Å². The molecule has 2 aliphatic rings. The van der Waals surface area contributed by atoms with Crippen molar-refractivity contribution in [2.75, 3.05) is 13.6 Å². The molecular formula is C20H29N3O4. The second kappa shape index (κ2) is 10.8. The number of likely N-dealkylation sites (N-methyl/N-ethyl adjacent to an activating group) is 1. The van der Waals surface area contributed by atoms with Crippen LogP contribution in [-0.4, -0.2) is 49.6 Å². The highest BCUT2D eigenvalue weighted by Gasteiger charge is 2.29. The van der Waals surface area contributed by atoms with Crippen LogP contribution >= 0.6 is 0 Å². The van der Waals surface area contributed by atoms with Gasteiger partial charge in [0.25, 0.3) is 5.91 Å². The normalized spacial score (nSPS) is 21.4. The predicted octanol–water partition coefficient (Wildman–Crippen LogP) is 0.656. The molecule has 27 heavy (non-hydrogen) atoms. The van der Waals surface area contributed by atoms with Gasteiger partial charge in [-0.25, -0.2) is 0 Å². The fourth-order valence-electron chi connectivity index (χ4n) is 3.37. The number of nitrogens with one attached hydrogen (secondary N) is 3. The Morgan fingerprint density at radius 3 is 2.59 bits per heavy atom. The number of hydrogen-bond donors (Lipinski definition) is 3. The molecule has 0 spiro atoms. The van der Waals surface area contributed by atoms with E-state index < -0.39 is 29.7 Å². The van der Waals surface area contributed by atoms with Gasteiger partial charge in [0.15, 0.2) is 0 Å². The summed E-state index contributed by atoms with van der Waals surface area (Å²) in [5.74, 6) is -1.42. The number of rotatable bonds is 10. The average Bonchev–Trinajstić information content (AvgIpc) is 2.92. The van der Waals surface area contributed by atoms with Gasteiger partial charge in [-0.1, -0.05) is 43.6 Å². The molecule has 2 aliphatic carbocycles. The van der Waals surface area contributed by atoms with E-state index in [1.165, 1.54) is 6.42 Å². The number of hydrogen-bond acceptors (Lipinski definition) is 5. The van der Waals surface area contributed by atoms with Crippen molar-refractivity contribution in [2.45, 2.75) is 50.6 Å². The minimum Gasteiger partial charge on any atom is -0.344 e. The van der Waals surface area contributed by atoms with Crippen molar-refractivity contribution in [3.63, 3.8) is 0 Å². The zero-order valence-corrected chi connectivity index (χ0v) is 15.8. The fraction of sp³-hybridized carbons (Fsp3) is 0.600. The maximum absolute atomic E-state index is 12.2. The lowest BCUT2D eigenvalue weighted by Crippen LogP contribution is -2.49. The van der Waals surface area contributed by atoms with E-state index in [4.69, 9.17) is 0 Å². The first-order valence-electron chi connectivity index (χ1n) is 9.62. The largest absolute Gasteiger partial charge is 0.344 e. The van der Waals surface area contributed by atoms with Gasteiger partial charge in [-0.05, 0) is 32.2 Å². The molecule has 2 rings (SSSR count). The number of carbonyl (C=O) groups excluding carboxylic acids is 4. The molecular weight excluding hydrogens is 346 g/mol. The predicted molar refractivity (Wildman–Crippen MR) is 102 cm³/mol. The fourth-order valence-corrected chi connectivity index (χ4v) is 3.37. The van der Waals surface area contributed by atoms with Crippen LogP contribution in [0.2, 0.25) is 0 Å². The van der Waals surface area contributed by atoms with Crippen LogP contribution in [-0.2, 0) is 19.2 Å². The Morgan fingerprint density at radius 2 is 1.96 bits per heavy atom. The van der Waals surface area contributed by atoms with Crippen LogP contribution in [0.3, 0.4) is 0 Å². The lowest BCUT2D eigenvalue weighted by atomic mass is 9.80. The summed E-state index contributed by atoms with van der Waals surface area (Å²) in [6, 6.07) is -1.17. The summed E-state index contributed by atoms with van der Waals surface area (Å²) in [5.41, 5.74) is 0. The van der Waals surface area contributed by atoms with E-state index in [-0.39, 0.29) is 12.5 Å². The van der Waals surface area contributed by atoms with Gasteiger partial charge < -0.3 is 20.7 Å². The molecule has 1 fully saturated rings. The Morgan fingerprint density at radius 1 is 1.19 bits per heavy atom. The van der Waals surface area contributed by atoms with E-state index in [2.05, 4.69) is 16.0 Å². The third kappa shape index (κ3) is 6.43. The first kappa shape index (κ1) is 21.0. The number of Topliss-reactive ketones (excluding diaryl/α,β-unsaturated/α-hetero) is 1. The number of aldehydes is 1. The van der Waals surface area contributed by atoms with Gasteiger partial charge in [0.05, 0.1) is 18.6 Å². The molecule has 0 heterocycles. The molecule has 3 atom stereocenters. The molecule has 3 unspecified atom stereocenters. The summed E-state index contributed by atoms with van der Waals surface area (Å²) in [4.78, 5) is 47.7. The van der Waals surface area contributed by atoms with Crippen LogP contribution in [0.5, 0.6) is 0 Å². The van der Waals surface area contributed by atoms with E-state index in [1.807, 2.05) is 24.3 Å². The minimum atomic E-state index is -0.773.